The molecular formula is C18H21BrO5S. The van der Waals surface area contributed by atoms with Crippen molar-refractivity contribution in [3.05, 3.63) is 23.1 Å². The molecule has 0 saturated heterocycles. The zero-order chi connectivity index (χ0) is 18.4. The lowest BCUT2D eigenvalue weighted by molar-refractivity contribution is -0.144. The van der Waals surface area contributed by atoms with Crippen molar-refractivity contribution in [2.24, 2.45) is 5.92 Å². The number of hydrogen-bond acceptors (Lipinski definition) is 6. The van der Waals surface area contributed by atoms with Gasteiger partial charge in [-0.1, -0.05) is 22.9 Å². The number of halogens is 1. The highest BCUT2D eigenvalue weighted by Gasteiger charge is 2.20. The lowest BCUT2D eigenvalue weighted by atomic mass is 10.0. The third-order valence-electron chi connectivity index (χ3n) is 3.71. The van der Waals surface area contributed by atoms with Crippen LogP contribution < -0.4 is 9.47 Å². The van der Waals surface area contributed by atoms with E-state index in [2.05, 4.69) is 20.7 Å². The fourth-order valence-electron chi connectivity index (χ4n) is 2.36. The fourth-order valence-corrected chi connectivity index (χ4v) is 3.61. The summed E-state index contributed by atoms with van der Waals surface area (Å²) in [7, 11) is 2.92. The molecule has 0 aliphatic heterocycles. The van der Waals surface area contributed by atoms with Crippen LogP contribution in [0.3, 0.4) is 0 Å². The molecular weight excluding hydrogens is 408 g/mol. The van der Waals surface area contributed by atoms with Crippen LogP contribution in [0.25, 0.3) is 10.1 Å². The molecule has 0 fully saturated rings. The van der Waals surface area contributed by atoms with E-state index in [4.69, 9.17) is 9.47 Å². The van der Waals surface area contributed by atoms with E-state index < -0.39 is 5.92 Å². The van der Waals surface area contributed by atoms with Gasteiger partial charge in [-0.05, 0) is 23.9 Å². The summed E-state index contributed by atoms with van der Waals surface area (Å²) in [6.45, 7) is 2.27. The van der Waals surface area contributed by atoms with Gasteiger partial charge in [0.1, 0.15) is 0 Å². The summed E-state index contributed by atoms with van der Waals surface area (Å²) in [5, 5.41) is 1.79. The van der Waals surface area contributed by atoms with Gasteiger partial charge in [0.15, 0.2) is 17.3 Å². The van der Waals surface area contributed by atoms with Crippen LogP contribution in [0.5, 0.6) is 11.5 Å². The van der Waals surface area contributed by atoms with E-state index >= 15 is 0 Å². The highest BCUT2D eigenvalue weighted by molar-refractivity contribution is 9.09. The molecule has 0 bridgehead atoms. The molecule has 5 nitrogen and oxygen atoms in total. The van der Waals surface area contributed by atoms with Gasteiger partial charge in [-0.2, -0.15) is 0 Å². The Hall–Kier alpha value is -1.60. The Bertz CT molecular complexity index is 755. The smallest absolute Gasteiger partial charge is 0.308 e. The first-order valence-electron chi connectivity index (χ1n) is 7.91. The number of ketones is 1. The molecule has 1 atom stereocenters. The van der Waals surface area contributed by atoms with Crippen molar-refractivity contribution in [2.75, 3.05) is 26.2 Å². The van der Waals surface area contributed by atoms with Gasteiger partial charge in [-0.15, -0.1) is 11.3 Å². The van der Waals surface area contributed by atoms with Crippen LogP contribution >= 0.6 is 27.3 Å². The monoisotopic (exact) mass is 428 g/mol. The molecule has 0 N–H and O–H groups in total. The van der Waals surface area contributed by atoms with Gasteiger partial charge >= 0.3 is 5.97 Å². The predicted molar refractivity (Wildman–Crippen MR) is 102 cm³/mol. The fraction of sp³-hybridized carbons (Fsp3) is 0.444. The second-order valence-electron chi connectivity index (χ2n) is 5.59. The first-order chi connectivity index (χ1) is 12.0. The minimum atomic E-state index is -0.458. The minimum Gasteiger partial charge on any atom is -0.493 e. The Labute approximate surface area is 159 Å². The zero-order valence-corrected chi connectivity index (χ0v) is 16.9. The zero-order valence-electron chi connectivity index (χ0n) is 14.5. The molecule has 0 radical (unpaired) electrons. The van der Waals surface area contributed by atoms with E-state index in [1.54, 1.807) is 14.0 Å². The third kappa shape index (κ3) is 4.95. The number of benzene rings is 1. The van der Waals surface area contributed by atoms with Gasteiger partial charge in [0.25, 0.3) is 0 Å². The number of carbonyl (C=O) groups excluding carboxylic acids is 2. The third-order valence-corrected chi connectivity index (χ3v) is 5.41. The first kappa shape index (κ1) is 19.7. The van der Waals surface area contributed by atoms with Gasteiger partial charge in [-0.3, -0.25) is 9.59 Å². The number of thiophene rings is 1. The maximum Gasteiger partial charge on any atom is 0.308 e. The largest absolute Gasteiger partial charge is 0.493 e. The highest BCUT2D eigenvalue weighted by Crippen LogP contribution is 2.37. The average Bonchev–Trinajstić information content (AvgIpc) is 3.03. The van der Waals surface area contributed by atoms with Gasteiger partial charge in [0.05, 0.1) is 31.6 Å². The van der Waals surface area contributed by atoms with Gasteiger partial charge in [0.2, 0.25) is 0 Å². The standard InChI is InChI=1S/C18H21BrO5S/c1-11(18(21)23-3)7-13(20)17-9-12-8-15(24-6-4-5-19)14(22-2)10-16(12)25-17/h8-11H,4-7H2,1-3H3/t11-/m0/s1. The molecule has 0 aliphatic rings. The first-order valence-corrected chi connectivity index (χ1v) is 9.85. The summed E-state index contributed by atoms with van der Waals surface area (Å²) in [5.74, 6) is 0.403. The maximum atomic E-state index is 12.4. The molecule has 1 aromatic heterocycles. The average molecular weight is 429 g/mol. The second kappa shape index (κ2) is 9.20. The summed E-state index contributed by atoms with van der Waals surface area (Å²) in [6, 6.07) is 5.60. The lowest BCUT2D eigenvalue weighted by Crippen LogP contribution is -2.16. The molecule has 1 aromatic carbocycles. The maximum absolute atomic E-state index is 12.4. The number of Topliss-reactive ketones (excluding diaryl/α,β-unsaturated/α-hetero) is 1. The summed E-state index contributed by atoms with van der Waals surface area (Å²) < 4.78 is 16.8. The van der Waals surface area contributed by atoms with Crippen LogP contribution in [0, 0.1) is 5.92 Å². The van der Waals surface area contributed by atoms with E-state index in [1.807, 2.05) is 18.2 Å². The molecule has 2 aromatic rings. The molecule has 7 heteroatoms. The Morgan fingerprint density at radius 3 is 2.60 bits per heavy atom. The van der Waals surface area contributed by atoms with Crippen molar-refractivity contribution in [3.63, 3.8) is 0 Å². The van der Waals surface area contributed by atoms with Crippen molar-refractivity contribution >= 4 is 49.1 Å². The van der Waals surface area contributed by atoms with E-state index in [0.717, 1.165) is 21.8 Å². The van der Waals surface area contributed by atoms with Crippen molar-refractivity contribution in [1.82, 2.24) is 0 Å². The van der Waals surface area contributed by atoms with Gasteiger partial charge in [-0.25, -0.2) is 0 Å². The summed E-state index contributed by atoms with van der Waals surface area (Å²) in [5.41, 5.74) is 0. The van der Waals surface area contributed by atoms with E-state index in [1.165, 1.54) is 18.4 Å². The normalized spacial score (nSPS) is 12.0. The Kier molecular flexibility index (Phi) is 7.25. The van der Waals surface area contributed by atoms with Crippen molar-refractivity contribution in [1.29, 1.82) is 0 Å². The van der Waals surface area contributed by atoms with E-state index in [0.29, 0.717) is 23.0 Å². The Morgan fingerprint density at radius 2 is 1.96 bits per heavy atom. The summed E-state index contributed by atoms with van der Waals surface area (Å²) in [4.78, 5) is 24.5. The van der Waals surface area contributed by atoms with Crippen LogP contribution in [-0.4, -0.2) is 37.9 Å². The van der Waals surface area contributed by atoms with Gasteiger partial charge < -0.3 is 14.2 Å². The number of ether oxygens (including phenoxy) is 3. The van der Waals surface area contributed by atoms with Crippen LogP contribution in [0.15, 0.2) is 18.2 Å². The number of esters is 1. The van der Waals surface area contributed by atoms with Crippen LogP contribution in [0.4, 0.5) is 0 Å². The van der Waals surface area contributed by atoms with Gasteiger partial charge in [0, 0.05) is 22.5 Å². The van der Waals surface area contributed by atoms with Crippen molar-refractivity contribution in [3.8, 4) is 11.5 Å². The lowest BCUT2D eigenvalue weighted by Gasteiger charge is -2.10. The summed E-state index contributed by atoms with van der Waals surface area (Å²) in [6.07, 6.45) is 1.02. The number of hydrogen-bond donors (Lipinski definition) is 0. The molecule has 136 valence electrons. The quantitative estimate of drug-likeness (QED) is 0.255. The molecule has 2 rings (SSSR count). The number of carbonyl (C=O) groups is 2. The second-order valence-corrected chi connectivity index (χ2v) is 7.47. The van der Waals surface area contributed by atoms with E-state index in [9.17, 15) is 9.59 Å². The number of methoxy groups -OCH3 is 2. The minimum absolute atomic E-state index is 0.0696. The SMILES string of the molecule is COC(=O)[C@@H](C)CC(=O)c1cc2cc(OCCCBr)c(OC)cc2s1. The van der Waals surface area contributed by atoms with Crippen molar-refractivity contribution in [2.45, 2.75) is 19.8 Å². The number of alkyl halides is 1. The molecule has 1 heterocycles. The van der Waals surface area contributed by atoms with E-state index in [-0.39, 0.29) is 18.2 Å². The number of rotatable bonds is 9. The molecule has 0 spiro atoms. The Balaban J connectivity index is 2.23. The van der Waals surface area contributed by atoms with Crippen LogP contribution in [-0.2, 0) is 9.53 Å². The molecule has 0 aliphatic carbocycles. The predicted octanol–water partition coefficient (Wildman–Crippen LogP) is 4.46. The highest BCUT2D eigenvalue weighted by atomic mass is 79.9. The molecule has 0 saturated carbocycles. The van der Waals surface area contributed by atoms with Crippen LogP contribution in [0.2, 0.25) is 0 Å². The molecule has 25 heavy (non-hydrogen) atoms. The molecule has 0 amide bonds. The number of fused-ring (bicyclic) bond motifs is 1. The van der Waals surface area contributed by atoms with Crippen molar-refractivity contribution < 1.29 is 23.8 Å². The van der Waals surface area contributed by atoms with Crippen LogP contribution in [0.1, 0.15) is 29.4 Å². The summed E-state index contributed by atoms with van der Waals surface area (Å²) >= 11 is 4.76. The molecule has 0 unspecified atom stereocenters. The topological polar surface area (TPSA) is 61.8 Å². The Morgan fingerprint density at radius 1 is 1.20 bits per heavy atom.